The van der Waals surface area contributed by atoms with E-state index in [0.717, 1.165) is 17.5 Å². The van der Waals surface area contributed by atoms with Crippen LogP contribution in [0.5, 0.6) is 11.5 Å². The molecule has 0 radical (unpaired) electrons. The first-order chi connectivity index (χ1) is 13.5. The Labute approximate surface area is 164 Å². The molecule has 2 aliphatic rings. The number of amides is 2. The van der Waals surface area contributed by atoms with Gasteiger partial charge in [0, 0.05) is 6.54 Å². The number of fused-ring (bicyclic) bond motifs is 2. The zero-order valence-electron chi connectivity index (χ0n) is 16.4. The lowest BCUT2D eigenvalue weighted by molar-refractivity contribution is -0.122. The number of hydrogen-bond donors (Lipinski definition) is 0. The third-order valence-corrected chi connectivity index (χ3v) is 5.53. The molecule has 0 bridgehead atoms. The summed E-state index contributed by atoms with van der Waals surface area (Å²) in [6.45, 7) is 2.96. The van der Waals surface area contributed by atoms with E-state index in [2.05, 4.69) is 0 Å². The zero-order chi connectivity index (χ0) is 19.8. The SMILES string of the molecule is COc1ccc(CN2C(=O)[C@@H]3CCCN3C(=O)c3cc(C)ccc32)cc1OC. The molecule has 2 aliphatic heterocycles. The maximum Gasteiger partial charge on any atom is 0.256 e. The van der Waals surface area contributed by atoms with Gasteiger partial charge in [-0.2, -0.15) is 0 Å². The molecule has 2 aromatic rings. The van der Waals surface area contributed by atoms with Gasteiger partial charge in [0.25, 0.3) is 5.91 Å². The average molecular weight is 380 g/mol. The van der Waals surface area contributed by atoms with E-state index >= 15 is 0 Å². The van der Waals surface area contributed by atoms with E-state index in [1.54, 1.807) is 24.0 Å². The zero-order valence-corrected chi connectivity index (χ0v) is 16.4. The van der Waals surface area contributed by atoms with E-state index in [1.165, 1.54) is 0 Å². The highest BCUT2D eigenvalue weighted by molar-refractivity contribution is 6.11. The summed E-state index contributed by atoms with van der Waals surface area (Å²) < 4.78 is 10.7. The number of carbonyl (C=O) groups excluding carboxylic acids is 2. The Morgan fingerprint density at radius 3 is 2.57 bits per heavy atom. The Hall–Kier alpha value is -3.02. The van der Waals surface area contributed by atoms with Crippen molar-refractivity contribution in [1.29, 1.82) is 0 Å². The van der Waals surface area contributed by atoms with E-state index in [1.807, 2.05) is 43.3 Å². The molecule has 4 rings (SSSR count). The van der Waals surface area contributed by atoms with Gasteiger partial charge >= 0.3 is 0 Å². The van der Waals surface area contributed by atoms with Crippen LogP contribution in [0.4, 0.5) is 5.69 Å². The predicted molar refractivity (Wildman–Crippen MR) is 106 cm³/mol. The molecule has 0 spiro atoms. The quantitative estimate of drug-likeness (QED) is 0.818. The minimum Gasteiger partial charge on any atom is -0.493 e. The highest BCUT2D eigenvalue weighted by Crippen LogP contribution is 2.35. The number of ether oxygens (including phenoxy) is 2. The minimum atomic E-state index is -0.389. The second-order valence-corrected chi connectivity index (χ2v) is 7.29. The first-order valence-electron chi connectivity index (χ1n) is 9.47. The molecule has 1 atom stereocenters. The van der Waals surface area contributed by atoms with Crippen LogP contribution < -0.4 is 14.4 Å². The lowest BCUT2D eigenvalue weighted by atomic mass is 10.1. The Morgan fingerprint density at radius 1 is 1.04 bits per heavy atom. The monoisotopic (exact) mass is 380 g/mol. The number of rotatable bonds is 4. The average Bonchev–Trinajstić information content (AvgIpc) is 3.18. The van der Waals surface area contributed by atoms with Crippen molar-refractivity contribution in [2.45, 2.75) is 32.4 Å². The van der Waals surface area contributed by atoms with Crippen LogP contribution in [-0.4, -0.2) is 43.5 Å². The number of methoxy groups -OCH3 is 2. The molecule has 1 fully saturated rings. The molecule has 146 valence electrons. The molecule has 6 nitrogen and oxygen atoms in total. The van der Waals surface area contributed by atoms with Crippen molar-refractivity contribution in [3.05, 3.63) is 53.1 Å². The molecule has 28 heavy (non-hydrogen) atoms. The van der Waals surface area contributed by atoms with Crippen LogP contribution in [0.2, 0.25) is 0 Å². The summed E-state index contributed by atoms with van der Waals surface area (Å²) in [5.41, 5.74) is 3.18. The van der Waals surface area contributed by atoms with Gasteiger partial charge in [-0.05, 0) is 49.6 Å². The van der Waals surface area contributed by atoms with E-state index in [0.29, 0.717) is 42.3 Å². The van der Waals surface area contributed by atoms with Gasteiger partial charge in [0.05, 0.1) is 32.0 Å². The number of anilines is 1. The molecule has 0 aliphatic carbocycles. The number of nitrogens with zero attached hydrogens (tertiary/aromatic N) is 2. The van der Waals surface area contributed by atoms with E-state index in [-0.39, 0.29) is 17.9 Å². The summed E-state index contributed by atoms with van der Waals surface area (Å²) in [6, 6.07) is 10.9. The topological polar surface area (TPSA) is 59.1 Å². The summed E-state index contributed by atoms with van der Waals surface area (Å²) in [6.07, 6.45) is 1.56. The summed E-state index contributed by atoms with van der Waals surface area (Å²) >= 11 is 0. The first kappa shape index (κ1) is 18.3. The third-order valence-electron chi connectivity index (χ3n) is 5.53. The van der Waals surface area contributed by atoms with E-state index < -0.39 is 0 Å². The van der Waals surface area contributed by atoms with Crippen molar-refractivity contribution in [1.82, 2.24) is 4.90 Å². The van der Waals surface area contributed by atoms with Crippen molar-refractivity contribution in [3.8, 4) is 11.5 Å². The lowest BCUT2D eigenvalue weighted by Gasteiger charge is -2.26. The number of benzene rings is 2. The number of carbonyl (C=O) groups is 2. The van der Waals surface area contributed by atoms with Crippen LogP contribution in [-0.2, 0) is 11.3 Å². The maximum absolute atomic E-state index is 13.4. The largest absolute Gasteiger partial charge is 0.493 e. The highest BCUT2D eigenvalue weighted by atomic mass is 16.5. The molecule has 0 aromatic heterocycles. The van der Waals surface area contributed by atoms with Gasteiger partial charge in [-0.1, -0.05) is 17.7 Å². The van der Waals surface area contributed by atoms with Crippen LogP contribution in [0.1, 0.15) is 34.3 Å². The van der Waals surface area contributed by atoms with Gasteiger partial charge in [-0.25, -0.2) is 0 Å². The third kappa shape index (κ3) is 2.99. The number of hydrogen-bond acceptors (Lipinski definition) is 4. The fourth-order valence-electron chi connectivity index (χ4n) is 4.10. The second-order valence-electron chi connectivity index (χ2n) is 7.29. The highest BCUT2D eigenvalue weighted by Gasteiger charge is 2.41. The van der Waals surface area contributed by atoms with Gasteiger partial charge in [-0.3, -0.25) is 9.59 Å². The smallest absolute Gasteiger partial charge is 0.256 e. The van der Waals surface area contributed by atoms with Gasteiger partial charge in [0.1, 0.15) is 6.04 Å². The summed E-state index contributed by atoms with van der Waals surface area (Å²) in [5.74, 6) is 1.18. The molecule has 0 N–H and O–H groups in total. The van der Waals surface area contributed by atoms with Crippen molar-refractivity contribution in [2.24, 2.45) is 0 Å². The Kier molecular flexibility index (Phi) is 4.71. The van der Waals surface area contributed by atoms with Gasteiger partial charge in [-0.15, -0.1) is 0 Å². The van der Waals surface area contributed by atoms with Crippen LogP contribution in [0.15, 0.2) is 36.4 Å². The molecule has 0 unspecified atom stereocenters. The first-order valence-corrected chi connectivity index (χ1v) is 9.47. The van der Waals surface area contributed by atoms with Crippen molar-refractivity contribution < 1.29 is 19.1 Å². The molecule has 1 saturated heterocycles. The fourth-order valence-corrected chi connectivity index (χ4v) is 4.10. The Morgan fingerprint density at radius 2 is 1.82 bits per heavy atom. The summed E-state index contributed by atoms with van der Waals surface area (Å²) in [5, 5.41) is 0. The fraction of sp³-hybridized carbons (Fsp3) is 0.364. The molecule has 2 amide bonds. The molecule has 2 aromatic carbocycles. The second kappa shape index (κ2) is 7.19. The lowest BCUT2D eigenvalue weighted by Crippen LogP contribution is -2.44. The number of aryl methyl sites for hydroxylation is 1. The maximum atomic E-state index is 13.4. The van der Waals surface area contributed by atoms with E-state index in [4.69, 9.17) is 9.47 Å². The molecule has 2 heterocycles. The standard InChI is InChI=1S/C22H24N2O4/c1-14-6-8-17-16(11-14)21(25)23-10-4-5-18(23)22(26)24(17)13-15-7-9-19(27-2)20(12-15)28-3/h6-9,11-12,18H,4-5,10,13H2,1-3H3/t18-/m0/s1. The molecule has 0 saturated carbocycles. The van der Waals surface area contributed by atoms with Crippen molar-refractivity contribution >= 4 is 17.5 Å². The Bertz CT molecular complexity index is 940. The van der Waals surface area contributed by atoms with Crippen LogP contribution in [0.3, 0.4) is 0 Å². The molecular formula is C22H24N2O4. The van der Waals surface area contributed by atoms with Crippen LogP contribution in [0.25, 0.3) is 0 Å². The minimum absolute atomic E-state index is 0.0248. The predicted octanol–water partition coefficient (Wildman–Crippen LogP) is 3.16. The van der Waals surface area contributed by atoms with Crippen LogP contribution >= 0.6 is 0 Å². The molecule has 6 heteroatoms. The van der Waals surface area contributed by atoms with Gasteiger partial charge in [0.2, 0.25) is 5.91 Å². The van der Waals surface area contributed by atoms with Gasteiger partial charge in [0.15, 0.2) is 11.5 Å². The Balaban J connectivity index is 1.78. The summed E-state index contributed by atoms with van der Waals surface area (Å²) in [7, 11) is 3.18. The van der Waals surface area contributed by atoms with Crippen LogP contribution in [0, 0.1) is 6.92 Å². The summed E-state index contributed by atoms with van der Waals surface area (Å²) in [4.78, 5) is 30.0. The van der Waals surface area contributed by atoms with E-state index in [9.17, 15) is 9.59 Å². The van der Waals surface area contributed by atoms with Gasteiger partial charge < -0.3 is 19.3 Å². The molecular weight excluding hydrogens is 356 g/mol. The van der Waals surface area contributed by atoms with Crippen molar-refractivity contribution in [2.75, 3.05) is 25.7 Å². The van der Waals surface area contributed by atoms with Crippen molar-refractivity contribution in [3.63, 3.8) is 0 Å². The normalized spacial score (nSPS) is 18.6.